The van der Waals surface area contributed by atoms with E-state index in [1.807, 2.05) is 30.3 Å². The summed E-state index contributed by atoms with van der Waals surface area (Å²) in [4.78, 5) is 25.5. The van der Waals surface area contributed by atoms with Crippen molar-refractivity contribution in [3.05, 3.63) is 35.9 Å². The molecule has 120 valence electrons. The molecule has 22 heavy (non-hydrogen) atoms. The highest BCUT2D eigenvalue weighted by atomic mass is 16.5. The third-order valence-electron chi connectivity index (χ3n) is 3.98. The number of benzene rings is 1. The standard InChI is InChI=1S/C17H24N2O3/c1-22-16(20)13-19(12-14-8-4-2-5-9-14)17(21)18-15-10-6-3-7-11-15/h2,4-5,8-9,15H,3,6-7,10-13H2,1H3,(H,18,21). The van der Waals surface area contributed by atoms with Gasteiger partial charge in [-0.25, -0.2) is 4.79 Å². The summed E-state index contributed by atoms with van der Waals surface area (Å²) in [6.45, 7) is 0.360. The van der Waals surface area contributed by atoms with E-state index in [9.17, 15) is 9.59 Å². The minimum Gasteiger partial charge on any atom is -0.468 e. The average molecular weight is 304 g/mol. The Kier molecular flexibility index (Phi) is 6.25. The van der Waals surface area contributed by atoms with Crippen molar-refractivity contribution in [3.63, 3.8) is 0 Å². The highest BCUT2D eigenvalue weighted by Crippen LogP contribution is 2.17. The molecule has 1 fully saturated rings. The van der Waals surface area contributed by atoms with Crippen molar-refractivity contribution in [2.45, 2.75) is 44.7 Å². The number of ether oxygens (including phenoxy) is 1. The van der Waals surface area contributed by atoms with Crippen LogP contribution in [0.5, 0.6) is 0 Å². The Morgan fingerprint density at radius 3 is 2.50 bits per heavy atom. The molecule has 5 heteroatoms. The van der Waals surface area contributed by atoms with Crippen LogP contribution in [0.15, 0.2) is 30.3 Å². The van der Waals surface area contributed by atoms with Crippen LogP contribution < -0.4 is 5.32 Å². The molecule has 0 saturated heterocycles. The van der Waals surface area contributed by atoms with Crippen LogP contribution in [0.25, 0.3) is 0 Å². The second-order valence-corrected chi connectivity index (χ2v) is 5.70. The van der Waals surface area contributed by atoms with E-state index in [2.05, 4.69) is 5.32 Å². The first-order valence-electron chi connectivity index (χ1n) is 7.85. The minimum absolute atomic E-state index is 0.0378. The van der Waals surface area contributed by atoms with Gasteiger partial charge in [0.15, 0.2) is 0 Å². The van der Waals surface area contributed by atoms with E-state index in [0.717, 1.165) is 31.2 Å². The number of esters is 1. The highest BCUT2D eigenvalue weighted by molar-refractivity contribution is 5.81. The van der Waals surface area contributed by atoms with Crippen LogP contribution in [-0.2, 0) is 16.1 Å². The third-order valence-corrected chi connectivity index (χ3v) is 3.98. The van der Waals surface area contributed by atoms with Gasteiger partial charge in [0.25, 0.3) is 0 Å². The molecule has 1 aromatic rings. The summed E-state index contributed by atoms with van der Waals surface area (Å²) in [6.07, 6.45) is 5.58. The number of methoxy groups -OCH3 is 1. The van der Waals surface area contributed by atoms with Gasteiger partial charge in [0.2, 0.25) is 0 Å². The van der Waals surface area contributed by atoms with E-state index < -0.39 is 5.97 Å². The first-order valence-corrected chi connectivity index (χ1v) is 7.85. The van der Waals surface area contributed by atoms with E-state index in [0.29, 0.717) is 6.54 Å². The van der Waals surface area contributed by atoms with E-state index in [4.69, 9.17) is 4.74 Å². The van der Waals surface area contributed by atoms with Gasteiger partial charge in [-0.05, 0) is 18.4 Å². The van der Waals surface area contributed by atoms with E-state index in [1.54, 1.807) is 0 Å². The molecule has 0 unspecified atom stereocenters. The highest BCUT2D eigenvalue weighted by Gasteiger charge is 2.22. The molecule has 2 rings (SSSR count). The van der Waals surface area contributed by atoms with Crippen molar-refractivity contribution >= 4 is 12.0 Å². The van der Waals surface area contributed by atoms with Gasteiger partial charge in [-0.15, -0.1) is 0 Å². The lowest BCUT2D eigenvalue weighted by molar-refractivity contribution is -0.141. The van der Waals surface area contributed by atoms with Crippen LogP contribution >= 0.6 is 0 Å². The number of urea groups is 1. The SMILES string of the molecule is COC(=O)CN(Cc1ccccc1)C(=O)NC1CCCCC1. The number of nitrogens with zero attached hydrogens (tertiary/aromatic N) is 1. The van der Waals surface area contributed by atoms with Crippen LogP contribution in [0, 0.1) is 0 Å². The smallest absolute Gasteiger partial charge is 0.325 e. The fourth-order valence-corrected chi connectivity index (χ4v) is 2.74. The quantitative estimate of drug-likeness (QED) is 0.851. The first-order chi connectivity index (χ1) is 10.7. The Labute approximate surface area is 131 Å². The van der Waals surface area contributed by atoms with Crippen LogP contribution in [-0.4, -0.2) is 36.6 Å². The van der Waals surface area contributed by atoms with Crippen LogP contribution in [0.3, 0.4) is 0 Å². The molecule has 0 atom stereocenters. The largest absolute Gasteiger partial charge is 0.468 e. The van der Waals surface area contributed by atoms with Crippen molar-refractivity contribution < 1.29 is 14.3 Å². The number of nitrogens with one attached hydrogen (secondary N) is 1. The summed E-state index contributed by atoms with van der Waals surface area (Å²) < 4.78 is 4.70. The maximum absolute atomic E-state index is 12.5. The minimum atomic E-state index is -0.408. The predicted octanol–water partition coefficient (Wildman–Crippen LogP) is 2.70. The second kappa shape index (κ2) is 8.41. The second-order valence-electron chi connectivity index (χ2n) is 5.70. The topological polar surface area (TPSA) is 58.6 Å². The number of rotatable bonds is 5. The zero-order valence-electron chi connectivity index (χ0n) is 13.1. The summed E-state index contributed by atoms with van der Waals surface area (Å²) >= 11 is 0. The number of amides is 2. The predicted molar refractivity (Wildman–Crippen MR) is 84.3 cm³/mol. The van der Waals surface area contributed by atoms with Gasteiger partial charge >= 0.3 is 12.0 Å². The molecule has 2 amide bonds. The normalized spacial score (nSPS) is 15.1. The lowest BCUT2D eigenvalue weighted by atomic mass is 9.96. The van der Waals surface area contributed by atoms with E-state index >= 15 is 0 Å². The summed E-state index contributed by atoms with van der Waals surface area (Å²) in [7, 11) is 1.34. The van der Waals surface area contributed by atoms with E-state index in [-0.39, 0.29) is 18.6 Å². The molecule has 0 bridgehead atoms. The molecule has 0 aliphatic heterocycles. The Bertz CT molecular complexity index is 484. The van der Waals surface area contributed by atoms with Gasteiger partial charge < -0.3 is 15.0 Å². The third kappa shape index (κ3) is 5.06. The van der Waals surface area contributed by atoms with Crippen LogP contribution in [0.4, 0.5) is 4.79 Å². The van der Waals surface area contributed by atoms with Gasteiger partial charge in [0.05, 0.1) is 7.11 Å². The zero-order valence-corrected chi connectivity index (χ0v) is 13.1. The van der Waals surface area contributed by atoms with Gasteiger partial charge in [0, 0.05) is 12.6 Å². The number of carbonyl (C=O) groups excluding carboxylic acids is 2. The van der Waals surface area contributed by atoms with Crippen LogP contribution in [0.1, 0.15) is 37.7 Å². The number of carbonyl (C=O) groups is 2. The van der Waals surface area contributed by atoms with Gasteiger partial charge in [-0.2, -0.15) is 0 Å². The van der Waals surface area contributed by atoms with Crippen molar-refractivity contribution in [2.75, 3.05) is 13.7 Å². The van der Waals surface area contributed by atoms with Crippen molar-refractivity contribution in [3.8, 4) is 0 Å². The molecule has 1 aliphatic rings. The lowest BCUT2D eigenvalue weighted by Gasteiger charge is -2.28. The summed E-state index contributed by atoms with van der Waals surface area (Å²) in [5.74, 6) is -0.408. The lowest BCUT2D eigenvalue weighted by Crippen LogP contribution is -2.47. The Morgan fingerprint density at radius 2 is 1.86 bits per heavy atom. The number of hydrogen-bond donors (Lipinski definition) is 1. The van der Waals surface area contributed by atoms with Gasteiger partial charge in [0.1, 0.15) is 6.54 Å². The molecule has 1 aromatic carbocycles. The molecule has 5 nitrogen and oxygen atoms in total. The van der Waals surface area contributed by atoms with Gasteiger partial charge in [-0.1, -0.05) is 49.6 Å². The summed E-state index contributed by atoms with van der Waals surface area (Å²) in [5, 5.41) is 3.05. The fourth-order valence-electron chi connectivity index (χ4n) is 2.74. The fraction of sp³-hybridized carbons (Fsp3) is 0.529. The van der Waals surface area contributed by atoms with Crippen molar-refractivity contribution in [2.24, 2.45) is 0 Å². The molecule has 1 saturated carbocycles. The van der Waals surface area contributed by atoms with Crippen LogP contribution in [0.2, 0.25) is 0 Å². The molecule has 0 aromatic heterocycles. The molecule has 0 heterocycles. The summed E-state index contributed by atoms with van der Waals surface area (Å²) in [6, 6.07) is 9.68. The summed E-state index contributed by atoms with van der Waals surface area (Å²) in [5.41, 5.74) is 0.991. The molecule has 1 N–H and O–H groups in total. The Hall–Kier alpha value is -2.04. The maximum Gasteiger partial charge on any atom is 0.325 e. The molecule has 1 aliphatic carbocycles. The Balaban J connectivity index is 1.98. The molecular formula is C17H24N2O3. The maximum atomic E-state index is 12.5. The Morgan fingerprint density at radius 1 is 1.18 bits per heavy atom. The zero-order chi connectivity index (χ0) is 15.8. The number of hydrogen-bond acceptors (Lipinski definition) is 3. The van der Waals surface area contributed by atoms with Crippen molar-refractivity contribution in [1.29, 1.82) is 0 Å². The first kappa shape index (κ1) is 16.3. The van der Waals surface area contributed by atoms with Gasteiger partial charge in [-0.3, -0.25) is 4.79 Å². The average Bonchev–Trinajstić information content (AvgIpc) is 2.56. The van der Waals surface area contributed by atoms with E-state index in [1.165, 1.54) is 18.4 Å². The molecule has 0 spiro atoms. The molecular weight excluding hydrogens is 280 g/mol. The monoisotopic (exact) mass is 304 g/mol. The van der Waals surface area contributed by atoms with Crippen molar-refractivity contribution in [1.82, 2.24) is 10.2 Å². The molecule has 0 radical (unpaired) electrons.